The Morgan fingerprint density at radius 3 is 3.00 bits per heavy atom. The Balaban J connectivity index is 2.72. The van der Waals surface area contributed by atoms with Gasteiger partial charge in [-0.3, -0.25) is 4.63 Å². The Kier molecular flexibility index (Phi) is 1.42. The fourth-order valence-corrected chi connectivity index (χ4v) is 0.999. The zero-order valence-corrected chi connectivity index (χ0v) is 6.26. The third kappa shape index (κ3) is 1.08. The number of nitrogens with zero attached hydrogens (tertiary/aromatic N) is 2. The number of benzene rings is 1. The van der Waals surface area contributed by atoms with Gasteiger partial charge >= 0.3 is 0 Å². The van der Waals surface area contributed by atoms with E-state index in [1.165, 1.54) is 12.1 Å². The van der Waals surface area contributed by atoms with Crippen molar-refractivity contribution in [2.75, 3.05) is 0 Å². The molecule has 2 aromatic rings. The number of rotatable bonds is 1. The highest BCUT2D eigenvalue weighted by molar-refractivity contribution is 5.89. The van der Waals surface area contributed by atoms with E-state index in [9.17, 15) is 15.1 Å². The Bertz CT molecular complexity index is 476. The molecule has 13 heavy (non-hydrogen) atoms. The number of carboxylic acids is 1. The number of carbonyl (C=O) groups is 1. The maximum Gasteiger partial charge on any atom is 0.248 e. The van der Waals surface area contributed by atoms with Crippen molar-refractivity contribution in [3.05, 3.63) is 29.0 Å². The van der Waals surface area contributed by atoms with Crippen molar-refractivity contribution in [1.29, 1.82) is 0 Å². The van der Waals surface area contributed by atoms with Gasteiger partial charge in [0.15, 0.2) is 0 Å². The van der Waals surface area contributed by atoms with Crippen molar-refractivity contribution in [3.8, 4) is 0 Å². The molecule has 0 atom stereocenters. The van der Waals surface area contributed by atoms with Gasteiger partial charge in [-0.25, -0.2) is 0 Å². The van der Waals surface area contributed by atoms with Gasteiger partial charge in [0, 0.05) is 16.8 Å². The van der Waals surface area contributed by atoms with Gasteiger partial charge in [0.25, 0.3) is 0 Å². The van der Waals surface area contributed by atoms with Crippen molar-refractivity contribution in [3.63, 3.8) is 0 Å². The predicted octanol–water partition coefficient (Wildman–Crippen LogP) is -1.18. The molecule has 0 radical (unpaired) electrons. The molecule has 0 amide bonds. The Hall–Kier alpha value is -2.11. The van der Waals surface area contributed by atoms with E-state index in [0.717, 1.165) is 6.07 Å². The molecule has 0 fully saturated rings. The summed E-state index contributed by atoms with van der Waals surface area (Å²) < 4.78 is 4.25. The van der Waals surface area contributed by atoms with Crippen LogP contribution in [0, 0.1) is 5.21 Å². The Labute approximate surface area is 71.5 Å². The number of hydrogen-bond acceptors (Lipinski definition) is 5. The van der Waals surface area contributed by atoms with Crippen molar-refractivity contribution in [2.45, 2.75) is 0 Å². The van der Waals surface area contributed by atoms with Crippen LogP contribution in [0.15, 0.2) is 22.8 Å². The average Bonchev–Trinajstić information content (AvgIpc) is 2.47. The maximum absolute atomic E-state index is 10.8. The molecule has 0 aliphatic carbocycles. The van der Waals surface area contributed by atoms with Gasteiger partial charge in [-0.1, -0.05) is 0 Å². The number of aromatic nitrogens is 2. The van der Waals surface area contributed by atoms with E-state index in [1.54, 1.807) is 0 Å². The summed E-state index contributed by atoms with van der Waals surface area (Å²) in [6, 6.07) is 3.81. The molecule has 1 heterocycles. The zero-order chi connectivity index (χ0) is 9.42. The van der Waals surface area contributed by atoms with Gasteiger partial charge in [-0.2, -0.15) is 0 Å². The molecule has 6 nitrogen and oxygen atoms in total. The summed E-state index contributed by atoms with van der Waals surface area (Å²) in [6.07, 6.45) is 0. The number of carboxylic acid groups (broad SMARTS) is 1. The first-order chi connectivity index (χ1) is 6.18. The molecule has 2 rings (SSSR count). The summed E-state index contributed by atoms with van der Waals surface area (Å²) in [5.41, 5.74) is 0.294. The zero-order valence-electron chi connectivity index (χ0n) is 6.26. The van der Waals surface area contributed by atoms with Crippen LogP contribution in [-0.4, -0.2) is 11.1 Å². The Morgan fingerprint density at radius 2 is 2.31 bits per heavy atom. The summed E-state index contributed by atoms with van der Waals surface area (Å²) in [7, 11) is 0. The first-order valence-electron chi connectivity index (χ1n) is 3.39. The van der Waals surface area contributed by atoms with Gasteiger partial charge in [0.05, 0.1) is 5.97 Å². The Morgan fingerprint density at radius 1 is 1.54 bits per heavy atom. The van der Waals surface area contributed by atoms with Crippen LogP contribution in [0.2, 0.25) is 0 Å². The maximum atomic E-state index is 10.8. The minimum Gasteiger partial charge on any atom is -0.545 e. The van der Waals surface area contributed by atoms with Gasteiger partial charge < -0.3 is 15.1 Å². The van der Waals surface area contributed by atoms with E-state index in [0.29, 0.717) is 5.52 Å². The molecule has 0 saturated heterocycles. The summed E-state index contributed by atoms with van der Waals surface area (Å²) in [4.78, 5) is 10.5. The normalized spacial score (nSPS) is 10.5. The van der Waals surface area contributed by atoms with Crippen LogP contribution in [0.1, 0.15) is 10.4 Å². The predicted molar refractivity (Wildman–Crippen MR) is 37.3 cm³/mol. The van der Waals surface area contributed by atoms with Crippen LogP contribution < -0.4 is 10.0 Å². The van der Waals surface area contributed by atoms with Gasteiger partial charge in [0.2, 0.25) is 11.0 Å². The van der Waals surface area contributed by atoms with E-state index in [-0.39, 0.29) is 16.0 Å². The first-order valence-corrected chi connectivity index (χ1v) is 3.39. The average molecular weight is 179 g/mol. The second-order valence-corrected chi connectivity index (χ2v) is 2.42. The lowest BCUT2D eigenvalue weighted by Crippen LogP contribution is -2.25. The highest BCUT2D eigenvalue weighted by Crippen LogP contribution is 2.09. The van der Waals surface area contributed by atoms with E-state index < -0.39 is 5.97 Å². The summed E-state index contributed by atoms with van der Waals surface area (Å²) in [6.45, 7) is 0. The highest BCUT2D eigenvalue weighted by Gasteiger charge is 2.09. The monoisotopic (exact) mass is 179 g/mol. The lowest BCUT2D eigenvalue weighted by Gasteiger charge is -1.98. The second kappa shape index (κ2) is 2.44. The van der Waals surface area contributed by atoms with E-state index in [2.05, 4.69) is 9.79 Å². The molecule has 1 aromatic heterocycles. The molecule has 0 N–H and O–H groups in total. The van der Waals surface area contributed by atoms with E-state index in [4.69, 9.17) is 0 Å². The minimum atomic E-state index is -1.34. The SMILES string of the molecule is O=C([O-])c1ccc2no[n+]([O-])c2c1. The topological polar surface area (TPSA) is 93.1 Å². The van der Waals surface area contributed by atoms with E-state index in [1.807, 2.05) is 0 Å². The summed E-state index contributed by atoms with van der Waals surface area (Å²) >= 11 is 0. The van der Waals surface area contributed by atoms with Crippen molar-refractivity contribution in [2.24, 2.45) is 0 Å². The van der Waals surface area contributed by atoms with Gasteiger partial charge in [0.1, 0.15) is 0 Å². The molecular formula is C7H3N2O4-. The number of fused-ring (bicyclic) bond motifs is 1. The largest absolute Gasteiger partial charge is 0.545 e. The smallest absolute Gasteiger partial charge is 0.248 e. The van der Waals surface area contributed by atoms with E-state index >= 15 is 0 Å². The number of aromatic carboxylic acids is 1. The molecule has 0 spiro atoms. The van der Waals surface area contributed by atoms with Crippen LogP contribution in [0.4, 0.5) is 0 Å². The summed E-state index contributed by atoms with van der Waals surface area (Å²) in [5, 5.41) is 24.6. The molecule has 0 aliphatic rings. The van der Waals surface area contributed by atoms with Crippen LogP contribution in [0.25, 0.3) is 11.0 Å². The van der Waals surface area contributed by atoms with Crippen LogP contribution >= 0.6 is 0 Å². The first kappa shape index (κ1) is 7.53. The standard InChI is InChI=1S/C7H4N2O4/c10-7(11)4-1-2-5-6(3-4)9(12)13-8-5/h1-3H,(H,10,11)/p-1. The van der Waals surface area contributed by atoms with Crippen molar-refractivity contribution < 1.29 is 19.4 Å². The highest BCUT2D eigenvalue weighted by atomic mass is 16.8. The lowest BCUT2D eigenvalue weighted by atomic mass is 10.2. The van der Waals surface area contributed by atoms with Crippen LogP contribution in [0.3, 0.4) is 0 Å². The molecule has 0 aliphatic heterocycles. The van der Waals surface area contributed by atoms with Crippen molar-refractivity contribution >= 4 is 17.0 Å². The quantitative estimate of drug-likeness (QED) is 0.514. The molecule has 0 saturated carbocycles. The fraction of sp³-hybridized carbons (Fsp3) is 0. The number of hydrogen-bond donors (Lipinski definition) is 0. The van der Waals surface area contributed by atoms with Crippen LogP contribution in [-0.2, 0) is 0 Å². The minimum absolute atomic E-state index is 0.0710. The van der Waals surface area contributed by atoms with Crippen molar-refractivity contribution in [1.82, 2.24) is 5.16 Å². The second-order valence-electron chi connectivity index (χ2n) is 2.42. The van der Waals surface area contributed by atoms with Crippen LogP contribution in [0.5, 0.6) is 0 Å². The molecule has 66 valence electrons. The summed E-state index contributed by atoms with van der Waals surface area (Å²) in [5.74, 6) is -1.34. The molecule has 0 unspecified atom stereocenters. The van der Waals surface area contributed by atoms with Gasteiger partial charge in [-0.05, 0) is 17.0 Å². The lowest BCUT2D eigenvalue weighted by molar-refractivity contribution is -0.782. The fourth-order valence-electron chi connectivity index (χ4n) is 0.999. The molecule has 1 aromatic carbocycles. The van der Waals surface area contributed by atoms with Gasteiger partial charge in [-0.15, -0.1) is 0 Å². The number of carbonyl (C=O) groups excluding carboxylic acids is 1. The third-order valence-electron chi connectivity index (χ3n) is 1.62. The third-order valence-corrected chi connectivity index (χ3v) is 1.62. The molecule has 0 bridgehead atoms. The molecular weight excluding hydrogens is 176 g/mol. The molecule has 6 heteroatoms.